The molecular formula is C22H18O3. The van der Waals surface area contributed by atoms with E-state index < -0.39 is 12.1 Å². The van der Waals surface area contributed by atoms with E-state index in [-0.39, 0.29) is 6.61 Å². The number of carboxylic acids is 1. The van der Waals surface area contributed by atoms with Crippen LogP contribution in [0.5, 0.6) is 0 Å². The van der Waals surface area contributed by atoms with E-state index in [0.717, 1.165) is 28.7 Å². The fraction of sp³-hybridized carbons (Fsp3) is 0.136. The van der Waals surface area contributed by atoms with Crippen LogP contribution in [0.4, 0.5) is 0 Å². The lowest BCUT2D eigenvalue weighted by atomic mass is 9.97. The Kier molecular flexibility index (Phi) is 4.08. The molecule has 1 aliphatic carbocycles. The second kappa shape index (κ2) is 6.54. The van der Waals surface area contributed by atoms with Crippen LogP contribution in [0, 0.1) is 0 Å². The second-order valence-corrected chi connectivity index (χ2v) is 6.22. The van der Waals surface area contributed by atoms with E-state index in [4.69, 9.17) is 4.74 Å². The second-order valence-electron chi connectivity index (χ2n) is 6.22. The molecule has 1 aliphatic rings. The largest absolute Gasteiger partial charge is 0.479 e. The topological polar surface area (TPSA) is 46.5 Å². The van der Waals surface area contributed by atoms with Gasteiger partial charge in [0.1, 0.15) is 0 Å². The highest BCUT2D eigenvalue weighted by Gasteiger charge is 2.28. The number of benzene rings is 3. The predicted molar refractivity (Wildman–Crippen MR) is 96.3 cm³/mol. The molecule has 124 valence electrons. The Hall–Kier alpha value is -2.91. The predicted octanol–water partition coefficient (Wildman–Crippen LogP) is 4.60. The summed E-state index contributed by atoms with van der Waals surface area (Å²) in [7, 11) is 0. The minimum Gasteiger partial charge on any atom is -0.479 e. The van der Waals surface area contributed by atoms with Gasteiger partial charge < -0.3 is 9.84 Å². The van der Waals surface area contributed by atoms with Gasteiger partial charge in [-0.3, -0.25) is 0 Å². The molecule has 1 unspecified atom stereocenters. The third-order valence-corrected chi connectivity index (χ3v) is 4.65. The first-order valence-electron chi connectivity index (χ1n) is 8.32. The summed E-state index contributed by atoms with van der Waals surface area (Å²) < 4.78 is 5.80. The molecule has 0 spiro atoms. The summed E-state index contributed by atoms with van der Waals surface area (Å²) in [4.78, 5) is 11.9. The molecule has 0 bridgehead atoms. The zero-order chi connectivity index (χ0) is 17.2. The first kappa shape index (κ1) is 15.6. The van der Waals surface area contributed by atoms with Gasteiger partial charge in [-0.1, -0.05) is 72.8 Å². The Balaban J connectivity index is 1.67. The van der Waals surface area contributed by atoms with Gasteiger partial charge in [-0.25, -0.2) is 4.79 Å². The van der Waals surface area contributed by atoms with Crippen molar-refractivity contribution in [1.29, 1.82) is 0 Å². The summed E-state index contributed by atoms with van der Waals surface area (Å²) in [6.45, 7) is 0.272. The van der Waals surface area contributed by atoms with E-state index in [2.05, 4.69) is 18.2 Å². The molecular weight excluding hydrogens is 312 g/mol. The van der Waals surface area contributed by atoms with Crippen LogP contribution in [0.1, 0.15) is 28.4 Å². The highest BCUT2D eigenvalue weighted by molar-refractivity contribution is 5.82. The molecule has 4 rings (SSSR count). The van der Waals surface area contributed by atoms with Crippen LogP contribution in [-0.2, 0) is 22.6 Å². The lowest BCUT2D eigenvalue weighted by molar-refractivity contribution is -0.151. The molecule has 0 heterocycles. The summed E-state index contributed by atoms with van der Waals surface area (Å²) in [6.07, 6.45) is -0.218. The first-order chi connectivity index (χ1) is 12.2. The maximum Gasteiger partial charge on any atom is 0.337 e. The molecule has 3 nitrogen and oxygen atoms in total. The molecule has 25 heavy (non-hydrogen) atoms. The quantitative estimate of drug-likeness (QED) is 0.582. The van der Waals surface area contributed by atoms with Crippen LogP contribution < -0.4 is 0 Å². The lowest BCUT2D eigenvalue weighted by Gasteiger charge is -2.17. The average molecular weight is 330 g/mol. The number of fused-ring (bicyclic) bond motifs is 3. The summed E-state index contributed by atoms with van der Waals surface area (Å²) in [5.41, 5.74) is 6.30. The normalized spacial score (nSPS) is 13.1. The number of carbonyl (C=O) groups is 1. The maximum absolute atomic E-state index is 11.9. The van der Waals surface area contributed by atoms with E-state index in [0.29, 0.717) is 0 Å². The third-order valence-electron chi connectivity index (χ3n) is 4.65. The van der Waals surface area contributed by atoms with Crippen molar-refractivity contribution in [3.8, 4) is 11.1 Å². The summed E-state index contributed by atoms with van der Waals surface area (Å²) in [6, 6.07) is 23.7. The number of ether oxygens (including phenoxy) is 1. The van der Waals surface area contributed by atoms with Gasteiger partial charge >= 0.3 is 5.97 Å². The van der Waals surface area contributed by atoms with Gasteiger partial charge in [0.15, 0.2) is 6.10 Å². The van der Waals surface area contributed by atoms with E-state index in [1.807, 2.05) is 54.6 Å². The van der Waals surface area contributed by atoms with Gasteiger partial charge in [0.2, 0.25) is 0 Å². The third kappa shape index (κ3) is 2.94. The Bertz CT molecular complexity index is 916. The Labute approximate surface area is 146 Å². The molecule has 0 radical (unpaired) electrons. The zero-order valence-corrected chi connectivity index (χ0v) is 13.7. The number of hydrogen-bond acceptors (Lipinski definition) is 2. The lowest BCUT2D eigenvalue weighted by Crippen LogP contribution is -2.17. The van der Waals surface area contributed by atoms with Crippen molar-refractivity contribution in [3.63, 3.8) is 0 Å². The average Bonchev–Trinajstić information content (AvgIpc) is 3.02. The fourth-order valence-electron chi connectivity index (χ4n) is 3.48. The minimum absolute atomic E-state index is 0.272. The number of carboxylic acid groups (broad SMARTS) is 1. The van der Waals surface area contributed by atoms with Gasteiger partial charge in [0.05, 0.1) is 6.61 Å². The SMILES string of the molecule is O=C(O)C(OCc1ccccc1)c1cccc2c1Cc1ccccc1-2. The number of rotatable bonds is 5. The van der Waals surface area contributed by atoms with Crippen LogP contribution in [0.15, 0.2) is 72.8 Å². The van der Waals surface area contributed by atoms with Crippen molar-refractivity contribution in [2.24, 2.45) is 0 Å². The minimum atomic E-state index is -0.968. The van der Waals surface area contributed by atoms with E-state index in [1.165, 1.54) is 11.1 Å². The van der Waals surface area contributed by atoms with Crippen molar-refractivity contribution in [3.05, 3.63) is 95.1 Å². The molecule has 0 saturated carbocycles. The maximum atomic E-state index is 11.9. The van der Waals surface area contributed by atoms with Crippen molar-refractivity contribution in [1.82, 2.24) is 0 Å². The highest BCUT2D eigenvalue weighted by Crippen LogP contribution is 2.40. The molecule has 3 aromatic rings. The van der Waals surface area contributed by atoms with Crippen LogP contribution in [0.25, 0.3) is 11.1 Å². The molecule has 0 aromatic heterocycles. The van der Waals surface area contributed by atoms with Crippen molar-refractivity contribution in [2.75, 3.05) is 0 Å². The molecule has 0 fully saturated rings. The van der Waals surface area contributed by atoms with Crippen LogP contribution in [0.3, 0.4) is 0 Å². The van der Waals surface area contributed by atoms with E-state index >= 15 is 0 Å². The van der Waals surface area contributed by atoms with Crippen molar-refractivity contribution in [2.45, 2.75) is 19.1 Å². The molecule has 0 saturated heterocycles. The summed E-state index contributed by atoms with van der Waals surface area (Å²) in [5.74, 6) is -0.958. The molecule has 3 aromatic carbocycles. The van der Waals surface area contributed by atoms with Crippen LogP contribution in [-0.4, -0.2) is 11.1 Å². The first-order valence-corrected chi connectivity index (χ1v) is 8.32. The van der Waals surface area contributed by atoms with E-state index in [1.54, 1.807) is 0 Å². The smallest absolute Gasteiger partial charge is 0.337 e. The van der Waals surface area contributed by atoms with Crippen molar-refractivity contribution >= 4 is 5.97 Å². The number of aliphatic carboxylic acids is 1. The molecule has 0 amide bonds. The standard InChI is InChI=1S/C22H18O3/c23-22(24)21(25-14-15-7-2-1-3-8-15)19-12-6-11-18-17-10-5-4-9-16(17)13-20(18)19/h1-12,21H,13-14H2,(H,23,24). The molecule has 1 N–H and O–H groups in total. The van der Waals surface area contributed by atoms with Gasteiger partial charge in [0, 0.05) is 0 Å². The highest BCUT2D eigenvalue weighted by atomic mass is 16.5. The van der Waals surface area contributed by atoms with Gasteiger partial charge in [-0.15, -0.1) is 0 Å². The van der Waals surface area contributed by atoms with Gasteiger partial charge in [-0.05, 0) is 39.8 Å². The zero-order valence-electron chi connectivity index (χ0n) is 13.7. The molecule has 1 atom stereocenters. The Morgan fingerprint density at radius 3 is 2.44 bits per heavy atom. The Morgan fingerprint density at radius 2 is 1.64 bits per heavy atom. The van der Waals surface area contributed by atoms with Crippen LogP contribution in [0.2, 0.25) is 0 Å². The van der Waals surface area contributed by atoms with Gasteiger partial charge in [0.25, 0.3) is 0 Å². The summed E-state index contributed by atoms with van der Waals surface area (Å²) in [5, 5.41) is 9.73. The fourth-order valence-corrected chi connectivity index (χ4v) is 3.48. The monoisotopic (exact) mass is 330 g/mol. The number of hydrogen-bond donors (Lipinski definition) is 1. The van der Waals surface area contributed by atoms with E-state index in [9.17, 15) is 9.90 Å². The summed E-state index contributed by atoms with van der Waals surface area (Å²) >= 11 is 0. The van der Waals surface area contributed by atoms with Crippen LogP contribution >= 0.6 is 0 Å². The van der Waals surface area contributed by atoms with Crippen molar-refractivity contribution < 1.29 is 14.6 Å². The molecule has 0 aliphatic heterocycles. The van der Waals surface area contributed by atoms with Gasteiger partial charge in [-0.2, -0.15) is 0 Å². The molecule has 3 heteroatoms. The Morgan fingerprint density at radius 1 is 0.920 bits per heavy atom.